The topological polar surface area (TPSA) is 0 Å². The Kier molecular flexibility index (Phi) is 13.6. The Morgan fingerprint density at radius 3 is 1.22 bits per heavy atom. The van der Waals surface area contributed by atoms with Crippen molar-refractivity contribution in [2.24, 2.45) is 0 Å². The highest BCUT2D eigenvalue weighted by Gasteiger charge is 2.27. The highest BCUT2D eigenvalue weighted by molar-refractivity contribution is 9.37. The van der Waals surface area contributed by atoms with Crippen molar-refractivity contribution in [3.63, 3.8) is 0 Å². The maximum Gasteiger partial charge on any atom is -0.00237 e. The van der Waals surface area contributed by atoms with Crippen LogP contribution in [0.2, 0.25) is 0 Å². The van der Waals surface area contributed by atoms with E-state index in [1.54, 1.807) is 0 Å². The molecule has 1 atom stereocenters. The first-order chi connectivity index (χ1) is 8.74. The fourth-order valence-electron chi connectivity index (χ4n) is 2.66. The van der Waals surface area contributed by atoms with Gasteiger partial charge in [0.15, 0.2) is 0 Å². The van der Waals surface area contributed by atoms with Crippen molar-refractivity contribution in [2.45, 2.75) is 103 Å². The molecule has 0 aromatic carbocycles. The van der Waals surface area contributed by atoms with Crippen LogP contribution >= 0.6 is 22.8 Å². The molecule has 0 aliphatic rings. The van der Waals surface area contributed by atoms with Gasteiger partial charge in [-0.15, -0.1) is 0 Å². The third-order valence-corrected chi connectivity index (χ3v) is 7.65. The summed E-state index contributed by atoms with van der Waals surface area (Å²) < 4.78 is 0. The highest BCUT2D eigenvalue weighted by Crippen LogP contribution is 2.49. The number of unbranched alkanes of at least 4 members (excludes halogenated alkanes) is 6. The van der Waals surface area contributed by atoms with E-state index < -0.39 is 0 Å². The Bertz CT molecular complexity index is 144. The van der Waals surface area contributed by atoms with E-state index in [-0.39, 0.29) is 0 Å². The second-order valence-electron chi connectivity index (χ2n) is 5.75. The molecule has 0 amide bonds. The van der Waals surface area contributed by atoms with Gasteiger partial charge in [0.1, 0.15) is 0 Å². The van der Waals surface area contributed by atoms with E-state index in [0.717, 1.165) is 7.28 Å². The van der Waals surface area contributed by atoms with Crippen LogP contribution in [0.25, 0.3) is 0 Å². The Balaban J connectivity index is 4.20. The summed E-state index contributed by atoms with van der Waals surface area (Å²) in [6.45, 7) is 6.94. The van der Waals surface area contributed by atoms with Gasteiger partial charge >= 0.3 is 0 Å². The van der Waals surface area contributed by atoms with Gasteiger partial charge in [-0.25, -0.2) is 0 Å². The third kappa shape index (κ3) is 8.92. The van der Waals surface area contributed by atoms with E-state index in [2.05, 4.69) is 36.3 Å². The molecule has 0 aromatic heterocycles. The quantitative estimate of drug-likeness (QED) is 0.242. The Morgan fingerprint density at radius 2 is 1.00 bits per heavy atom. The maximum absolute atomic E-state index is 3.86. The summed E-state index contributed by atoms with van der Waals surface area (Å²) in [6.07, 6.45) is 17.0. The molecule has 0 radical (unpaired) electrons. The van der Waals surface area contributed by atoms with E-state index in [4.69, 9.17) is 0 Å². The Labute approximate surface area is 126 Å². The van der Waals surface area contributed by atoms with Gasteiger partial charge in [0.25, 0.3) is 0 Å². The normalized spacial score (nSPS) is 12.7. The van der Waals surface area contributed by atoms with Crippen LogP contribution in [0.5, 0.6) is 0 Å². The Hall–Kier alpha value is 0.910. The Morgan fingerprint density at radius 1 is 0.667 bits per heavy atom. The summed E-state index contributed by atoms with van der Waals surface area (Å²) >= 11 is 3.86. The molecule has 0 N–H and O–H groups in total. The van der Waals surface area contributed by atoms with Crippen molar-refractivity contribution < 1.29 is 0 Å². The lowest BCUT2D eigenvalue weighted by molar-refractivity contribution is 0.411. The van der Waals surface area contributed by atoms with Crippen molar-refractivity contribution >= 4 is 22.8 Å². The van der Waals surface area contributed by atoms with Crippen LogP contribution in [-0.4, -0.2) is 5.16 Å². The van der Waals surface area contributed by atoms with E-state index in [9.17, 15) is 0 Å². The van der Waals surface area contributed by atoms with Gasteiger partial charge in [0.05, 0.1) is 0 Å². The molecule has 0 saturated carbocycles. The molecule has 110 valence electrons. The second kappa shape index (κ2) is 12.9. The van der Waals surface area contributed by atoms with E-state index in [0.29, 0.717) is 5.16 Å². The van der Waals surface area contributed by atoms with Crippen LogP contribution in [0.4, 0.5) is 0 Å². The molecule has 0 spiro atoms. The summed E-state index contributed by atoms with van der Waals surface area (Å²) in [5, 5.41) is 0.638. The number of hydrogen-bond donors (Lipinski definition) is 0. The lowest BCUT2D eigenvalue weighted by Gasteiger charge is -2.32. The second-order valence-corrected chi connectivity index (χ2v) is 8.19. The zero-order valence-corrected chi connectivity index (χ0v) is 15.4. The van der Waals surface area contributed by atoms with Gasteiger partial charge in [0, 0.05) is 0 Å². The molecule has 0 aromatic rings. The summed E-state index contributed by atoms with van der Waals surface area (Å²) in [5.41, 5.74) is 0. The van der Waals surface area contributed by atoms with Crippen LogP contribution in [0, 0.1) is 0 Å². The molecule has 0 aliphatic heterocycles. The average Bonchev–Trinajstić information content (AvgIpc) is 2.39. The van der Waals surface area contributed by atoms with Gasteiger partial charge in [-0.1, -0.05) is 94.0 Å². The highest BCUT2D eigenvalue weighted by atomic mass is 79.9. The predicted octanol–water partition coefficient (Wildman–Crippen LogP) is 7.45. The van der Waals surface area contributed by atoms with Gasteiger partial charge in [0.2, 0.25) is 0 Å². The standard InChI is InChI=1S/C16H34BrP/c1-4-7-10-13-16(18-17,14-11-8-5-2)15-12-9-6-3/h18H,4-15H2,1-3H3. The monoisotopic (exact) mass is 336 g/mol. The fourth-order valence-corrected chi connectivity index (χ4v) is 5.25. The zero-order valence-electron chi connectivity index (χ0n) is 12.9. The molecule has 0 aliphatic carbocycles. The molecule has 0 fully saturated rings. The van der Waals surface area contributed by atoms with Crippen LogP contribution in [-0.2, 0) is 0 Å². The first-order valence-corrected chi connectivity index (χ1v) is 11.4. The van der Waals surface area contributed by atoms with Crippen molar-refractivity contribution in [2.75, 3.05) is 0 Å². The molecular formula is C16H34BrP. The fraction of sp³-hybridized carbons (Fsp3) is 1.00. The molecule has 2 heteroatoms. The van der Waals surface area contributed by atoms with Gasteiger partial charge < -0.3 is 0 Å². The van der Waals surface area contributed by atoms with E-state index in [1.165, 1.54) is 77.0 Å². The summed E-state index contributed by atoms with van der Waals surface area (Å²) in [7, 11) is 0.965. The van der Waals surface area contributed by atoms with Crippen molar-refractivity contribution in [3.8, 4) is 0 Å². The molecular weight excluding hydrogens is 303 g/mol. The number of halogens is 1. The summed E-state index contributed by atoms with van der Waals surface area (Å²) in [4.78, 5) is 0. The molecule has 0 saturated heterocycles. The average molecular weight is 337 g/mol. The molecule has 0 nitrogen and oxygen atoms in total. The van der Waals surface area contributed by atoms with Crippen LogP contribution in [0.3, 0.4) is 0 Å². The zero-order chi connectivity index (χ0) is 13.7. The minimum absolute atomic E-state index is 0.638. The first kappa shape index (κ1) is 18.9. The summed E-state index contributed by atoms with van der Waals surface area (Å²) in [5.74, 6) is 0. The first-order valence-electron chi connectivity index (χ1n) is 8.12. The number of rotatable bonds is 13. The lowest BCUT2D eigenvalue weighted by Crippen LogP contribution is -2.22. The van der Waals surface area contributed by atoms with Crippen LogP contribution < -0.4 is 0 Å². The molecule has 0 bridgehead atoms. The van der Waals surface area contributed by atoms with Gasteiger partial charge in [-0.3, -0.25) is 0 Å². The van der Waals surface area contributed by atoms with E-state index in [1.807, 2.05) is 0 Å². The van der Waals surface area contributed by atoms with Crippen molar-refractivity contribution in [3.05, 3.63) is 0 Å². The SMILES string of the molecule is CCCCCC(CCCCC)(CCCCC)PBr. The van der Waals surface area contributed by atoms with Gasteiger partial charge in [-0.2, -0.15) is 0 Å². The van der Waals surface area contributed by atoms with Crippen LogP contribution in [0.1, 0.15) is 97.8 Å². The minimum Gasteiger partial charge on any atom is -0.0654 e. The van der Waals surface area contributed by atoms with Crippen molar-refractivity contribution in [1.82, 2.24) is 0 Å². The van der Waals surface area contributed by atoms with Gasteiger partial charge in [-0.05, 0) is 31.7 Å². The lowest BCUT2D eigenvalue weighted by atomic mass is 9.89. The van der Waals surface area contributed by atoms with E-state index >= 15 is 0 Å². The number of hydrogen-bond acceptors (Lipinski definition) is 0. The molecule has 0 heterocycles. The molecule has 0 rings (SSSR count). The molecule has 1 unspecified atom stereocenters. The van der Waals surface area contributed by atoms with Crippen LogP contribution in [0.15, 0.2) is 0 Å². The third-order valence-electron chi connectivity index (χ3n) is 3.98. The van der Waals surface area contributed by atoms with Crippen molar-refractivity contribution in [1.29, 1.82) is 0 Å². The largest absolute Gasteiger partial charge is 0.0654 e. The maximum atomic E-state index is 3.86. The summed E-state index contributed by atoms with van der Waals surface area (Å²) in [6, 6.07) is 0. The molecule has 18 heavy (non-hydrogen) atoms. The smallest absolute Gasteiger partial charge is 0.00237 e. The minimum atomic E-state index is 0.638. The predicted molar refractivity (Wildman–Crippen MR) is 92.4 cm³/mol.